The fourth-order valence-electron chi connectivity index (χ4n) is 4.83. The standard InChI is InChI=1S/C30H27FN2O4/c1-3-16-37-22-14-10-20(11-15-22)28(34)26-27(24-18-32(2)25-7-5-4-6-23(24)25)33(30(36)29(26)35)17-19-8-12-21(31)13-9-19/h4-15,18,27,34H,3,16-17H2,1-2H3/b28-26+. The predicted octanol–water partition coefficient (Wildman–Crippen LogP) is 5.73. The lowest BCUT2D eigenvalue weighted by Crippen LogP contribution is -2.29. The summed E-state index contributed by atoms with van der Waals surface area (Å²) in [6.45, 7) is 2.67. The van der Waals surface area contributed by atoms with Crippen molar-refractivity contribution in [2.24, 2.45) is 7.05 Å². The molecule has 4 aromatic rings. The fourth-order valence-corrected chi connectivity index (χ4v) is 4.83. The van der Waals surface area contributed by atoms with Crippen LogP contribution in [0.5, 0.6) is 5.75 Å². The fraction of sp³-hybridized carbons (Fsp3) is 0.200. The monoisotopic (exact) mass is 498 g/mol. The summed E-state index contributed by atoms with van der Waals surface area (Å²) in [7, 11) is 1.90. The van der Waals surface area contributed by atoms with Crippen LogP contribution in [-0.4, -0.2) is 32.9 Å². The second-order valence-corrected chi connectivity index (χ2v) is 9.14. The molecule has 5 rings (SSSR count). The molecule has 37 heavy (non-hydrogen) atoms. The first kappa shape index (κ1) is 24.3. The zero-order valence-electron chi connectivity index (χ0n) is 20.6. The molecule has 0 bridgehead atoms. The van der Waals surface area contributed by atoms with Gasteiger partial charge in [-0.1, -0.05) is 37.3 Å². The van der Waals surface area contributed by atoms with Crippen LogP contribution in [0.1, 0.15) is 36.1 Å². The quantitative estimate of drug-likeness (QED) is 0.201. The Balaban J connectivity index is 1.65. The number of aryl methyl sites for hydroxylation is 1. The van der Waals surface area contributed by atoms with E-state index in [0.717, 1.165) is 22.9 Å². The third-order valence-corrected chi connectivity index (χ3v) is 6.63. The number of hydrogen-bond donors (Lipinski definition) is 1. The van der Waals surface area contributed by atoms with Crippen molar-refractivity contribution < 1.29 is 23.8 Å². The van der Waals surface area contributed by atoms with Crippen LogP contribution in [0.2, 0.25) is 0 Å². The normalized spacial score (nSPS) is 17.1. The zero-order chi connectivity index (χ0) is 26.1. The molecule has 1 amide bonds. The molecule has 0 aliphatic carbocycles. The third kappa shape index (κ3) is 4.48. The smallest absolute Gasteiger partial charge is 0.295 e. The van der Waals surface area contributed by atoms with Crippen LogP contribution in [0.4, 0.5) is 4.39 Å². The highest BCUT2D eigenvalue weighted by atomic mass is 19.1. The molecule has 1 aliphatic rings. The van der Waals surface area contributed by atoms with Crippen molar-refractivity contribution in [1.82, 2.24) is 9.47 Å². The lowest BCUT2D eigenvalue weighted by Gasteiger charge is -2.25. The second-order valence-electron chi connectivity index (χ2n) is 9.14. The molecule has 1 saturated heterocycles. The average molecular weight is 499 g/mol. The number of rotatable bonds is 7. The van der Waals surface area contributed by atoms with Gasteiger partial charge in [0.1, 0.15) is 17.3 Å². The molecule has 2 heterocycles. The van der Waals surface area contributed by atoms with E-state index in [0.29, 0.717) is 23.5 Å². The Hall–Kier alpha value is -4.39. The molecular formula is C30H27FN2O4. The predicted molar refractivity (Wildman–Crippen MR) is 139 cm³/mol. The van der Waals surface area contributed by atoms with Crippen molar-refractivity contribution in [3.63, 3.8) is 0 Å². The van der Waals surface area contributed by atoms with Gasteiger partial charge >= 0.3 is 0 Å². The molecule has 0 spiro atoms. The van der Waals surface area contributed by atoms with E-state index >= 15 is 0 Å². The maximum atomic E-state index is 13.5. The van der Waals surface area contributed by atoms with E-state index in [1.807, 2.05) is 49.0 Å². The van der Waals surface area contributed by atoms with Gasteiger partial charge in [-0.3, -0.25) is 9.59 Å². The topological polar surface area (TPSA) is 71.8 Å². The number of aromatic nitrogens is 1. The van der Waals surface area contributed by atoms with Gasteiger partial charge in [0.2, 0.25) is 0 Å². The number of aliphatic hydroxyl groups excluding tert-OH is 1. The molecule has 1 aromatic heterocycles. The molecule has 0 radical (unpaired) electrons. The molecule has 7 heteroatoms. The van der Waals surface area contributed by atoms with Gasteiger partial charge in [0.25, 0.3) is 11.7 Å². The maximum absolute atomic E-state index is 13.5. The van der Waals surface area contributed by atoms with Crippen LogP contribution in [0.15, 0.2) is 84.6 Å². The number of hydrogen-bond acceptors (Lipinski definition) is 4. The van der Waals surface area contributed by atoms with Crippen LogP contribution in [0.25, 0.3) is 16.7 Å². The summed E-state index contributed by atoms with van der Waals surface area (Å²) in [6, 6.07) is 19.5. The van der Waals surface area contributed by atoms with Crippen LogP contribution in [-0.2, 0) is 23.2 Å². The molecule has 1 N–H and O–H groups in total. The van der Waals surface area contributed by atoms with Gasteiger partial charge in [0.15, 0.2) is 0 Å². The van der Waals surface area contributed by atoms with Crippen LogP contribution in [0.3, 0.4) is 0 Å². The number of nitrogens with zero attached hydrogens (tertiary/aromatic N) is 2. The number of ether oxygens (including phenoxy) is 1. The van der Waals surface area contributed by atoms with Crippen LogP contribution >= 0.6 is 0 Å². The number of fused-ring (bicyclic) bond motifs is 1. The van der Waals surface area contributed by atoms with E-state index in [-0.39, 0.29) is 23.7 Å². The molecule has 6 nitrogen and oxygen atoms in total. The number of aliphatic hydroxyl groups is 1. The minimum Gasteiger partial charge on any atom is -0.507 e. The lowest BCUT2D eigenvalue weighted by molar-refractivity contribution is -0.140. The summed E-state index contributed by atoms with van der Waals surface area (Å²) in [5, 5.41) is 12.3. The number of ketones is 1. The van der Waals surface area contributed by atoms with Crippen molar-refractivity contribution in [2.45, 2.75) is 25.9 Å². The Labute approximate surface area is 214 Å². The number of carbonyl (C=O) groups is 2. The first-order chi connectivity index (χ1) is 17.9. The number of para-hydroxylation sites is 1. The first-order valence-corrected chi connectivity index (χ1v) is 12.2. The van der Waals surface area contributed by atoms with Crippen LogP contribution < -0.4 is 4.74 Å². The molecule has 0 saturated carbocycles. The Morgan fingerprint density at radius 1 is 1.00 bits per heavy atom. The Kier molecular flexibility index (Phi) is 6.53. The highest BCUT2D eigenvalue weighted by Crippen LogP contribution is 2.43. The maximum Gasteiger partial charge on any atom is 0.295 e. The largest absolute Gasteiger partial charge is 0.507 e. The van der Waals surface area contributed by atoms with Crippen molar-refractivity contribution >= 4 is 28.4 Å². The summed E-state index contributed by atoms with van der Waals surface area (Å²) >= 11 is 0. The van der Waals surface area contributed by atoms with E-state index in [4.69, 9.17) is 4.74 Å². The van der Waals surface area contributed by atoms with Gasteiger partial charge in [-0.2, -0.15) is 0 Å². The van der Waals surface area contributed by atoms with Gasteiger partial charge in [-0.15, -0.1) is 0 Å². The molecule has 1 unspecified atom stereocenters. The molecular weight excluding hydrogens is 471 g/mol. The van der Waals surface area contributed by atoms with Gasteiger partial charge in [-0.25, -0.2) is 4.39 Å². The summed E-state index contributed by atoms with van der Waals surface area (Å²) in [4.78, 5) is 28.2. The van der Waals surface area contributed by atoms with Crippen molar-refractivity contribution in [1.29, 1.82) is 0 Å². The minimum absolute atomic E-state index is 0.0192. The minimum atomic E-state index is -0.827. The molecule has 3 aromatic carbocycles. The van der Waals surface area contributed by atoms with Gasteiger partial charge in [0, 0.05) is 41.8 Å². The van der Waals surface area contributed by atoms with Gasteiger partial charge in [0.05, 0.1) is 18.2 Å². The number of amides is 1. The number of likely N-dealkylation sites (tertiary alicyclic amines) is 1. The highest BCUT2D eigenvalue weighted by molar-refractivity contribution is 6.46. The highest BCUT2D eigenvalue weighted by Gasteiger charge is 2.47. The number of benzene rings is 3. The summed E-state index contributed by atoms with van der Waals surface area (Å²) < 4.78 is 21.1. The summed E-state index contributed by atoms with van der Waals surface area (Å²) in [5.41, 5.74) is 2.76. The van der Waals surface area contributed by atoms with Crippen LogP contribution in [0, 0.1) is 5.82 Å². The number of Topliss-reactive ketones (excluding diaryl/α,β-unsaturated/α-hetero) is 1. The van der Waals surface area contributed by atoms with E-state index in [1.54, 1.807) is 36.4 Å². The Bertz CT molecular complexity index is 1500. The second kappa shape index (κ2) is 9.93. The average Bonchev–Trinajstić information content (AvgIpc) is 3.37. The Morgan fingerprint density at radius 2 is 1.70 bits per heavy atom. The summed E-state index contributed by atoms with van der Waals surface area (Å²) in [5.74, 6) is -1.46. The lowest BCUT2D eigenvalue weighted by atomic mass is 9.94. The van der Waals surface area contributed by atoms with E-state index in [9.17, 15) is 19.1 Å². The summed E-state index contributed by atoms with van der Waals surface area (Å²) in [6.07, 6.45) is 2.75. The zero-order valence-corrected chi connectivity index (χ0v) is 20.6. The number of carbonyl (C=O) groups excluding carboxylic acids is 2. The third-order valence-electron chi connectivity index (χ3n) is 6.63. The SMILES string of the molecule is CCCOc1ccc(/C(O)=C2\C(=O)C(=O)N(Cc3ccc(F)cc3)C2c2cn(C)c3ccccc23)cc1. The van der Waals surface area contributed by atoms with E-state index < -0.39 is 17.7 Å². The molecule has 1 fully saturated rings. The molecule has 1 aliphatic heterocycles. The van der Waals surface area contributed by atoms with Crippen molar-refractivity contribution in [3.05, 3.63) is 107 Å². The Morgan fingerprint density at radius 3 is 2.41 bits per heavy atom. The van der Waals surface area contributed by atoms with Gasteiger partial charge < -0.3 is 19.3 Å². The van der Waals surface area contributed by atoms with Crippen molar-refractivity contribution in [2.75, 3.05) is 6.61 Å². The van der Waals surface area contributed by atoms with Gasteiger partial charge in [-0.05, 0) is 54.4 Å². The van der Waals surface area contributed by atoms with Crippen molar-refractivity contribution in [3.8, 4) is 5.75 Å². The van der Waals surface area contributed by atoms with E-state index in [2.05, 4.69) is 0 Å². The molecule has 1 atom stereocenters. The number of halogens is 1. The molecule has 188 valence electrons. The first-order valence-electron chi connectivity index (χ1n) is 12.2. The van der Waals surface area contributed by atoms with E-state index in [1.165, 1.54) is 17.0 Å².